The summed E-state index contributed by atoms with van der Waals surface area (Å²) < 4.78 is 0. The molecule has 140 valence electrons. The normalized spacial score (nSPS) is 15.3. The van der Waals surface area contributed by atoms with Gasteiger partial charge in [0.05, 0.1) is 6.04 Å². The molecule has 1 aliphatic rings. The minimum Gasteiger partial charge on any atom is -0.357 e. The lowest BCUT2D eigenvalue weighted by molar-refractivity contribution is 0.685. The van der Waals surface area contributed by atoms with Crippen molar-refractivity contribution in [1.29, 1.82) is 0 Å². The Labute approximate surface area is 173 Å². The largest absolute Gasteiger partial charge is 0.357 e. The maximum absolute atomic E-state index is 4.51. The topological polar surface area (TPSA) is 52.6 Å². The van der Waals surface area contributed by atoms with E-state index in [0.717, 1.165) is 31.4 Å². The lowest BCUT2D eigenvalue weighted by Gasteiger charge is -2.19. The molecular weight excluding hydrogens is 437 g/mol. The highest BCUT2D eigenvalue weighted by molar-refractivity contribution is 14.0. The zero-order valence-electron chi connectivity index (χ0n) is 15.5. The standard InChI is InChI=1S/C20H27N5.HI/c1-16(18-8-4-3-5-9-18)24-20(21-2)23-15-17-10-11-22-19(14-17)25-12-6-7-13-25;/h3-5,8-11,14,16H,6-7,12-13,15H2,1-2H3,(H2,21,23,24);1H. The van der Waals surface area contributed by atoms with E-state index in [1.54, 1.807) is 7.05 Å². The summed E-state index contributed by atoms with van der Waals surface area (Å²) in [5.41, 5.74) is 2.46. The lowest BCUT2D eigenvalue weighted by Crippen LogP contribution is -2.38. The summed E-state index contributed by atoms with van der Waals surface area (Å²) in [6.45, 7) is 5.09. The second-order valence-electron chi connectivity index (χ2n) is 6.42. The van der Waals surface area contributed by atoms with E-state index in [1.165, 1.54) is 24.0 Å². The fraction of sp³-hybridized carbons (Fsp3) is 0.400. The fourth-order valence-electron chi connectivity index (χ4n) is 3.10. The molecule has 0 aliphatic carbocycles. The molecule has 0 bridgehead atoms. The molecule has 1 saturated heterocycles. The fourth-order valence-corrected chi connectivity index (χ4v) is 3.10. The Bertz CT molecular complexity index is 698. The van der Waals surface area contributed by atoms with Crippen molar-refractivity contribution in [3.8, 4) is 0 Å². The van der Waals surface area contributed by atoms with Gasteiger partial charge in [0.1, 0.15) is 5.82 Å². The van der Waals surface area contributed by atoms with E-state index in [2.05, 4.69) is 68.8 Å². The van der Waals surface area contributed by atoms with Crippen LogP contribution in [0.1, 0.15) is 36.9 Å². The molecule has 0 amide bonds. The molecule has 2 heterocycles. The first-order chi connectivity index (χ1) is 12.3. The van der Waals surface area contributed by atoms with E-state index in [4.69, 9.17) is 0 Å². The van der Waals surface area contributed by atoms with E-state index < -0.39 is 0 Å². The number of halogens is 1. The van der Waals surface area contributed by atoms with Crippen molar-refractivity contribution in [1.82, 2.24) is 15.6 Å². The highest BCUT2D eigenvalue weighted by Gasteiger charge is 2.13. The van der Waals surface area contributed by atoms with Gasteiger partial charge >= 0.3 is 0 Å². The van der Waals surface area contributed by atoms with Gasteiger partial charge in [0.15, 0.2) is 5.96 Å². The molecule has 1 fully saturated rings. The number of hydrogen-bond donors (Lipinski definition) is 2. The van der Waals surface area contributed by atoms with Gasteiger partial charge < -0.3 is 15.5 Å². The molecule has 1 atom stereocenters. The van der Waals surface area contributed by atoms with Gasteiger partial charge in [0.2, 0.25) is 0 Å². The first-order valence-electron chi connectivity index (χ1n) is 8.98. The molecular formula is C20H28IN5. The molecule has 0 radical (unpaired) electrons. The Morgan fingerprint density at radius 3 is 2.62 bits per heavy atom. The van der Waals surface area contributed by atoms with Crippen LogP contribution in [-0.4, -0.2) is 31.1 Å². The van der Waals surface area contributed by atoms with E-state index in [9.17, 15) is 0 Å². The molecule has 1 aliphatic heterocycles. The van der Waals surface area contributed by atoms with E-state index in [1.807, 2.05) is 12.3 Å². The summed E-state index contributed by atoms with van der Waals surface area (Å²) in [6, 6.07) is 14.8. The summed E-state index contributed by atoms with van der Waals surface area (Å²) in [5.74, 6) is 1.88. The van der Waals surface area contributed by atoms with E-state index >= 15 is 0 Å². The number of rotatable bonds is 5. The molecule has 0 spiro atoms. The summed E-state index contributed by atoms with van der Waals surface area (Å²) in [6.07, 6.45) is 4.42. The van der Waals surface area contributed by atoms with Crippen LogP contribution in [0.2, 0.25) is 0 Å². The quantitative estimate of drug-likeness (QED) is 0.402. The third-order valence-electron chi connectivity index (χ3n) is 4.58. The molecule has 3 rings (SSSR count). The number of nitrogens with one attached hydrogen (secondary N) is 2. The predicted molar refractivity (Wildman–Crippen MR) is 119 cm³/mol. The molecule has 1 unspecified atom stereocenters. The Balaban J connectivity index is 0.00000243. The highest BCUT2D eigenvalue weighted by atomic mass is 127. The predicted octanol–water partition coefficient (Wildman–Crippen LogP) is 3.73. The minimum absolute atomic E-state index is 0. The minimum atomic E-state index is 0. The van der Waals surface area contributed by atoms with Crippen molar-refractivity contribution >= 4 is 35.8 Å². The van der Waals surface area contributed by atoms with Crippen LogP contribution in [0.4, 0.5) is 5.82 Å². The van der Waals surface area contributed by atoms with Crippen LogP contribution in [0.25, 0.3) is 0 Å². The number of hydrogen-bond acceptors (Lipinski definition) is 3. The van der Waals surface area contributed by atoms with Crippen molar-refractivity contribution in [2.24, 2.45) is 4.99 Å². The number of pyridine rings is 1. The molecule has 5 nitrogen and oxygen atoms in total. The van der Waals surface area contributed by atoms with Crippen LogP contribution in [0, 0.1) is 0 Å². The maximum Gasteiger partial charge on any atom is 0.191 e. The number of guanidine groups is 1. The van der Waals surface area contributed by atoms with E-state index in [-0.39, 0.29) is 30.0 Å². The Kier molecular flexibility index (Phi) is 8.15. The van der Waals surface area contributed by atoms with Crippen molar-refractivity contribution < 1.29 is 0 Å². The zero-order chi connectivity index (χ0) is 17.5. The number of benzene rings is 1. The van der Waals surface area contributed by atoms with Gasteiger partial charge in [-0.25, -0.2) is 4.98 Å². The van der Waals surface area contributed by atoms with Crippen LogP contribution in [-0.2, 0) is 6.54 Å². The van der Waals surface area contributed by atoms with Crippen LogP contribution in [0.3, 0.4) is 0 Å². The van der Waals surface area contributed by atoms with E-state index in [0.29, 0.717) is 0 Å². The Morgan fingerprint density at radius 2 is 1.92 bits per heavy atom. The molecule has 2 aromatic rings. The summed E-state index contributed by atoms with van der Waals surface area (Å²) in [4.78, 5) is 11.2. The number of nitrogens with zero attached hydrogens (tertiary/aromatic N) is 3. The smallest absolute Gasteiger partial charge is 0.191 e. The number of aromatic nitrogens is 1. The highest BCUT2D eigenvalue weighted by Crippen LogP contribution is 2.18. The molecule has 6 heteroatoms. The second kappa shape index (κ2) is 10.4. The van der Waals surface area contributed by atoms with Gasteiger partial charge in [-0.15, -0.1) is 24.0 Å². The van der Waals surface area contributed by atoms with Gasteiger partial charge in [-0.2, -0.15) is 0 Å². The lowest BCUT2D eigenvalue weighted by atomic mass is 10.1. The average molecular weight is 465 g/mol. The SMILES string of the molecule is CN=C(NCc1ccnc(N2CCCC2)c1)NC(C)c1ccccc1.I. The van der Waals surface area contributed by atoms with Gasteiger partial charge in [-0.1, -0.05) is 30.3 Å². The van der Waals surface area contributed by atoms with Crippen molar-refractivity contribution in [3.63, 3.8) is 0 Å². The summed E-state index contributed by atoms with van der Waals surface area (Å²) >= 11 is 0. The summed E-state index contributed by atoms with van der Waals surface area (Å²) in [5, 5.41) is 6.83. The van der Waals surface area contributed by atoms with Gasteiger partial charge in [0, 0.05) is 32.9 Å². The van der Waals surface area contributed by atoms with Crippen LogP contribution < -0.4 is 15.5 Å². The molecule has 2 N–H and O–H groups in total. The Morgan fingerprint density at radius 1 is 1.19 bits per heavy atom. The first-order valence-corrected chi connectivity index (χ1v) is 8.98. The van der Waals surface area contributed by atoms with Crippen LogP contribution >= 0.6 is 24.0 Å². The van der Waals surface area contributed by atoms with Crippen LogP contribution in [0.5, 0.6) is 0 Å². The zero-order valence-corrected chi connectivity index (χ0v) is 17.8. The molecule has 1 aromatic heterocycles. The van der Waals surface area contributed by atoms with Crippen molar-refractivity contribution in [3.05, 3.63) is 59.8 Å². The molecule has 26 heavy (non-hydrogen) atoms. The number of aliphatic imine (C=N–C) groups is 1. The van der Waals surface area contributed by atoms with Gasteiger partial charge in [0.25, 0.3) is 0 Å². The Hall–Kier alpha value is -1.83. The monoisotopic (exact) mass is 465 g/mol. The van der Waals surface area contributed by atoms with Gasteiger partial charge in [-0.05, 0) is 43.0 Å². The third-order valence-corrected chi connectivity index (χ3v) is 4.58. The molecule has 0 saturated carbocycles. The average Bonchev–Trinajstić information content (AvgIpc) is 3.21. The summed E-state index contributed by atoms with van der Waals surface area (Å²) in [7, 11) is 1.80. The maximum atomic E-state index is 4.51. The van der Waals surface area contributed by atoms with Gasteiger partial charge in [-0.3, -0.25) is 4.99 Å². The van der Waals surface area contributed by atoms with Crippen LogP contribution in [0.15, 0.2) is 53.7 Å². The third kappa shape index (κ3) is 5.59. The second-order valence-corrected chi connectivity index (χ2v) is 6.42. The van der Waals surface area contributed by atoms with Crippen molar-refractivity contribution in [2.75, 3.05) is 25.0 Å². The molecule has 1 aromatic carbocycles. The number of anilines is 1. The van der Waals surface area contributed by atoms with Crippen molar-refractivity contribution in [2.45, 2.75) is 32.4 Å². The first kappa shape index (κ1) is 20.5.